The molecule has 1 fully saturated rings. The largest absolute Gasteiger partial charge is 0.419 e. The van der Waals surface area contributed by atoms with Crippen molar-refractivity contribution in [1.29, 1.82) is 0 Å². The molecule has 4 rings (SSSR count). The Hall–Kier alpha value is -1.84. The van der Waals surface area contributed by atoms with Crippen molar-refractivity contribution in [1.82, 2.24) is 0 Å². The summed E-state index contributed by atoms with van der Waals surface area (Å²) in [4.78, 5) is 24.0. The van der Waals surface area contributed by atoms with Gasteiger partial charge in [0.25, 0.3) is 5.79 Å². The van der Waals surface area contributed by atoms with Crippen molar-refractivity contribution in [2.24, 2.45) is 0 Å². The maximum atomic E-state index is 12.0. The monoisotopic (exact) mass is 246 g/mol. The fourth-order valence-electron chi connectivity index (χ4n) is 2.51. The zero-order chi connectivity index (χ0) is 12.6. The highest BCUT2D eigenvalue weighted by atomic mass is 16.7. The molecule has 0 saturated heterocycles. The quantitative estimate of drug-likeness (QED) is 0.660. The summed E-state index contributed by atoms with van der Waals surface area (Å²) < 4.78 is 10.9. The molecule has 2 heterocycles. The number of fused-ring (bicyclic) bond motifs is 4. The predicted octanol–water partition coefficient (Wildman–Crippen LogP) is 2.67. The average molecular weight is 246 g/mol. The molecule has 94 valence electrons. The minimum Gasteiger partial charge on any atom is -0.419 e. The van der Waals surface area contributed by atoms with Crippen LogP contribution in [0, 0.1) is 0 Å². The topological polar surface area (TPSA) is 52.6 Å². The van der Waals surface area contributed by atoms with E-state index in [-0.39, 0.29) is 0 Å². The van der Waals surface area contributed by atoms with Crippen molar-refractivity contribution in [3.8, 4) is 0 Å². The molecule has 2 bridgehead atoms. The maximum Gasteiger partial charge on any atom is 0.341 e. The molecule has 1 spiro atoms. The van der Waals surface area contributed by atoms with Crippen LogP contribution in [0.4, 0.5) is 0 Å². The highest BCUT2D eigenvalue weighted by Crippen LogP contribution is 2.35. The van der Waals surface area contributed by atoms with E-state index in [9.17, 15) is 9.59 Å². The lowest BCUT2D eigenvalue weighted by atomic mass is 9.94. The smallest absolute Gasteiger partial charge is 0.341 e. The molecule has 0 aromatic heterocycles. The van der Waals surface area contributed by atoms with Gasteiger partial charge in [0, 0.05) is 12.8 Å². The molecule has 3 aliphatic rings. The molecule has 0 N–H and O–H groups in total. The van der Waals surface area contributed by atoms with E-state index in [4.69, 9.17) is 9.47 Å². The van der Waals surface area contributed by atoms with Gasteiger partial charge in [0.05, 0.1) is 11.1 Å². The third-order valence-corrected chi connectivity index (χ3v) is 3.53. The highest BCUT2D eigenvalue weighted by Gasteiger charge is 2.41. The molecule has 4 heteroatoms. The van der Waals surface area contributed by atoms with Crippen LogP contribution < -0.4 is 0 Å². The molecule has 0 atom stereocenters. The van der Waals surface area contributed by atoms with E-state index in [1.807, 2.05) is 0 Å². The highest BCUT2D eigenvalue weighted by molar-refractivity contribution is 5.94. The summed E-state index contributed by atoms with van der Waals surface area (Å²) in [6, 6.07) is 6.39. The lowest BCUT2D eigenvalue weighted by Gasteiger charge is -2.35. The molecule has 0 amide bonds. The fourth-order valence-corrected chi connectivity index (χ4v) is 2.51. The van der Waals surface area contributed by atoms with Crippen LogP contribution in [-0.4, -0.2) is 17.7 Å². The molecule has 0 radical (unpaired) electrons. The number of hydrogen-bond acceptors (Lipinski definition) is 4. The second-order valence-electron chi connectivity index (χ2n) is 4.83. The van der Waals surface area contributed by atoms with Crippen LogP contribution in [0.5, 0.6) is 0 Å². The van der Waals surface area contributed by atoms with E-state index >= 15 is 0 Å². The zero-order valence-corrected chi connectivity index (χ0v) is 9.98. The first kappa shape index (κ1) is 11.3. The molecule has 1 aromatic carbocycles. The van der Waals surface area contributed by atoms with Crippen molar-refractivity contribution in [2.75, 3.05) is 0 Å². The van der Waals surface area contributed by atoms with Crippen LogP contribution >= 0.6 is 0 Å². The van der Waals surface area contributed by atoms with Crippen LogP contribution in [0.25, 0.3) is 0 Å². The van der Waals surface area contributed by atoms with Crippen LogP contribution in [0.3, 0.4) is 0 Å². The molecule has 1 aliphatic carbocycles. The number of carbonyl (C=O) groups excluding carboxylic acids is 2. The van der Waals surface area contributed by atoms with Gasteiger partial charge in [0.2, 0.25) is 0 Å². The van der Waals surface area contributed by atoms with E-state index in [0.717, 1.165) is 19.3 Å². The number of esters is 2. The summed E-state index contributed by atoms with van der Waals surface area (Å²) in [6.45, 7) is 0. The van der Waals surface area contributed by atoms with Gasteiger partial charge in [-0.15, -0.1) is 0 Å². The normalized spacial score (nSPS) is 21.8. The Bertz CT molecular complexity index is 444. The Morgan fingerprint density at radius 3 is 1.67 bits per heavy atom. The van der Waals surface area contributed by atoms with E-state index < -0.39 is 17.7 Å². The third kappa shape index (κ3) is 1.88. The lowest BCUT2D eigenvalue weighted by Crippen LogP contribution is -2.41. The molecule has 1 saturated carbocycles. The second-order valence-corrected chi connectivity index (χ2v) is 4.83. The van der Waals surface area contributed by atoms with E-state index in [2.05, 4.69) is 0 Å². The van der Waals surface area contributed by atoms with E-state index in [0.29, 0.717) is 24.0 Å². The standard InChI is InChI=1S/C14H14O4/c15-12-10-4-5-11(7-6-10)13(16)18-14(17-12)8-2-1-3-9-14/h4-7H,1-3,8-9H2. The summed E-state index contributed by atoms with van der Waals surface area (Å²) in [5, 5.41) is 0. The average Bonchev–Trinajstić information content (AvgIpc) is 2.45. The van der Waals surface area contributed by atoms with Gasteiger partial charge in [-0.05, 0) is 37.1 Å². The molecule has 0 unspecified atom stereocenters. The van der Waals surface area contributed by atoms with Gasteiger partial charge in [-0.25, -0.2) is 9.59 Å². The van der Waals surface area contributed by atoms with E-state index in [1.165, 1.54) is 0 Å². The summed E-state index contributed by atoms with van der Waals surface area (Å²) >= 11 is 0. The van der Waals surface area contributed by atoms with Crippen molar-refractivity contribution in [2.45, 2.75) is 37.9 Å². The van der Waals surface area contributed by atoms with Crippen molar-refractivity contribution < 1.29 is 19.1 Å². The fraction of sp³-hybridized carbons (Fsp3) is 0.429. The first-order valence-electron chi connectivity index (χ1n) is 6.25. The number of carbonyl (C=O) groups is 2. The Labute approximate surface area is 105 Å². The van der Waals surface area contributed by atoms with Gasteiger partial charge in [0.1, 0.15) is 0 Å². The zero-order valence-electron chi connectivity index (χ0n) is 9.98. The van der Waals surface area contributed by atoms with Gasteiger partial charge in [-0.1, -0.05) is 6.42 Å². The maximum absolute atomic E-state index is 12.0. The lowest BCUT2D eigenvalue weighted by molar-refractivity contribution is -0.185. The molecular weight excluding hydrogens is 232 g/mol. The van der Waals surface area contributed by atoms with Crippen molar-refractivity contribution >= 4 is 11.9 Å². The number of benzene rings is 1. The van der Waals surface area contributed by atoms with Gasteiger partial charge < -0.3 is 9.47 Å². The Morgan fingerprint density at radius 1 is 0.778 bits per heavy atom. The number of hydrogen-bond donors (Lipinski definition) is 0. The van der Waals surface area contributed by atoms with Gasteiger partial charge in [-0.2, -0.15) is 0 Å². The summed E-state index contributed by atoms with van der Waals surface area (Å²) in [5.74, 6) is -1.89. The van der Waals surface area contributed by atoms with Crippen LogP contribution in [0.2, 0.25) is 0 Å². The Morgan fingerprint density at radius 2 is 1.22 bits per heavy atom. The van der Waals surface area contributed by atoms with Gasteiger partial charge in [0.15, 0.2) is 0 Å². The van der Waals surface area contributed by atoms with Crippen molar-refractivity contribution in [3.63, 3.8) is 0 Å². The number of ether oxygens (including phenoxy) is 2. The summed E-state index contributed by atoms with van der Waals surface area (Å²) in [5.41, 5.74) is 0.920. The summed E-state index contributed by atoms with van der Waals surface area (Å²) in [7, 11) is 0. The molecular formula is C14H14O4. The Balaban J connectivity index is 1.99. The van der Waals surface area contributed by atoms with Crippen LogP contribution in [-0.2, 0) is 9.47 Å². The van der Waals surface area contributed by atoms with Crippen LogP contribution in [0.1, 0.15) is 52.8 Å². The first-order chi connectivity index (χ1) is 8.69. The minimum atomic E-state index is -1.05. The molecule has 18 heavy (non-hydrogen) atoms. The first-order valence-corrected chi connectivity index (χ1v) is 6.25. The molecule has 2 aliphatic heterocycles. The Kier molecular flexibility index (Phi) is 2.58. The molecule has 1 aromatic rings. The predicted molar refractivity (Wildman–Crippen MR) is 63.1 cm³/mol. The SMILES string of the molecule is O=C1OC2(CCCCC2)OC(=O)c2ccc1cc2. The van der Waals surface area contributed by atoms with E-state index in [1.54, 1.807) is 24.3 Å². The van der Waals surface area contributed by atoms with Crippen LogP contribution in [0.15, 0.2) is 24.3 Å². The molecule has 4 nitrogen and oxygen atoms in total. The summed E-state index contributed by atoms with van der Waals surface area (Å²) in [6.07, 6.45) is 4.08. The van der Waals surface area contributed by atoms with Crippen molar-refractivity contribution in [3.05, 3.63) is 35.4 Å². The van der Waals surface area contributed by atoms with Gasteiger partial charge in [-0.3, -0.25) is 0 Å². The van der Waals surface area contributed by atoms with Gasteiger partial charge >= 0.3 is 11.9 Å². The third-order valence-electron chi connectivity index (χ3n) is 3.53. The minimum absolute atomic E-state index is 0.418. The number of rotatable bonds is 0. The second kappa shape index (κ2) is 4.12.